The number of hydrogen-bond donors (Lipinski definition) is 3. The number of nitrogens with one attached hydrogen (secondary N) is 1. The molecule has 7 nitrogen and oxygen atoms in total. The Morgan fingerprint density at radius 2 is 1.51 bits per heavy atom. The summed E-state index contributed by atoms with van der Waals surface area (Å²) in [7, 11) is 0. The van der Waals surface area contributed by atoms with Gasteiger partial charge in [0.15, 0.2) is 0 Å². The summed E-state index contributed by atoms with van der Waals surface area (Å²) in [5.41, 5.74) is 3.43. The highest BCUT2D eigenvalue weighted by Gasteiger charge is 2.28. The minimum atomic E-state index is -1.24. The van der Waals surface area contributed by atoms with Gasteiger partial charge in [-0.3, -0.25) is 4.79 Å². The fraction of sp³-hybridized carbons (Fsp3) is 0.323. The fourth-order valence-electron chi connectivity index (χ4n) is 4.52. The molecule has 0 aromatic heterocycles. The first-order chi connectivity index (χ1) is 18.6. The molecule has 39 heavy (non-hydrogen) atoms. The zero-order valence-corrected chi connectivity index (χ0v) is 23.0. The molecule has 0 fully saturated rings. The van der Waals surface area contributed by atoms with E-state index in [9.17, 15) is 24.6 Å². The van der Waals surface area contributed by atoms with Gasteiger partial charge in [0, 0.05) is 24.5 Å². The lowest BCUT2D eigenvalue weighted by Crippen LogP contribution is -2.51. The molecule has 3 aromatic carbocycles. The van der Waals surface area contributed by atoms with Crippen molar-refractivity contribution in [2.45, 2.75) is 39.2 Å². The molecule has 0 radical (unpaired) electrons. The number of hydrogen-bond acceptors (Lipinski definition) is 3. The third-order valence-electron chi connectivity index (χ3n) is 6.46. The van der Waals surface area contributed by atoms with Crippen molar-refractivity contribution in [3.05, 3.63) is 95.0 Å². The van der Waals surface area contributed by atoms with Crippen molar-refractivity contribution < 1.29 is 24.6 Å². The summed E-state index contributed by atoms with van der Waals surface area (Å²) in [6, 6.07) is 22.6. The third kappa shape index (κ3) is 9.14. The molecule has 0 saturated carbocycles. The average molecular weight is 551 g/mol. The minimum absolute atomic E-state index is 0.0117. The van der Waals surface area contributed by atoms with E-state index < -0.39 is 29.9 Å². The molecule has 206 valence electrons. The van der Waals surface area contributed by atoms with Gasteiger partial charge in [-0.15, -0.1) is 0 Å². The summed E-state index contributed by atoms with van der Waals surface area (Å²) in [4.78, 5) is 39.1. The molecule has 0 aliphatic carbocycles. The van der Waals surface area contributed by atoms with Crippen LogP contribution in [0.3, 0.4) is 0 Å². The number of carboxylic acid groups (broad SMARTS) is 2. The summed E-state index contributed by atoms with van der Waals surface area (Å²) < 4.78 is 0. The number of aryl methyl sites for hydroxylation is 1. The van der Waals surface area contributed by atoms with Gasteiger partial charge < -0.3 is 20.4 Å². The lowest BCUT2D eigenvalue weighted by atomic mass is 9.95. The SMILES string of the molecule is CC(C)CN(C[C@H](CCc1ccccc1)C(=O)O)C(=O)N[C@@H](Cc1cc(Cl)ccc1-c1ccccc1)C(=O)O. The van der Waals surface area contributed by atoms with Gasteiger partial charge in [-0.2, -0.15) is 0 Å². The van der Waals surface area contributed by atoms with Crippen molar-refractivity contribution in [1.82, 2.24) is 10.2 Å². The topological polar surface area (TPSA) is 107 Å². The summed E-state index contributed by atoms with van der Waals surface area (Å²) in [6.07, 6.45) is 0.925. The van der Waals surface area contributed by atoms with Crippen molar-refractivity contribution >= 4 is 29.6 Å². The van der Waals surface area contributed by atoms with Crippen molar-refractivity contribution in [2.24, 2.45) is 11.8 Å². The first-order valence-electron chi connectivity index (χ1n) is 13.0. The van der Waals surface area contributed by atoms with Crippen LogP contribution in [0.25, 0.3) is 11.1 Å². The second kappa shape index (κ2) is 14.4. The van der Waals surface area contributed by atoms with E-state index in [1.54, 1.807) is 12.1 Å². The van der Waals surface area contributed by atoms with Crippen LogP contribution >= 0.6 is 11.6 Å². The Kier molecular flexibility index (Phi) is 10.9. The van der Waals surface area contributed by atoms with Gasteiger partial charge in [0.1, 0.15) is 6.04 Å². The lowest BCUT2D eigenvalue weighted by molar-refractivity contribution is -0.142. The molecule has 0 aliphatic rings. The van der Waals surface area contributed by atoms with Crippen LogP contribution in [0.1, 0.15) is 31.4 Å². The quantitative estimate of drug-likeness (QED) is 0.242. The highest BCUT2D eigenvalue weighted by molar-refractivity contribution is 6.30. The largest absolute Gasteiger partial charge is 0.481 e. The summed E-state index contributed by atoms with van der Waals surface area (Å²) >= 11 is 6.24. The Morgan fingerprint density at radius 1 is 0.872 bits per heavy atom. The number of benzene rings is 3. The maximum absolute atomic E-state index is 13.4. The van der Waals surface area contributed by atoms with Gasteiger partial charge in [0.05, 0.1) is 5.92 Å². The van der Waals surface area contributed by atoms with Crippen molar-refractivity contribution in [3.63, 3.8) is 0 Å². The molecule has 2 atom stereocenters. The molecular formula is C31H35ClN2O5. The van der Waals surface area contributed by atoms with Crippen LogP contribution in [0.15, 0.2) is 78.9 Å². The van der Waals surface area contributed by atoms with Crippen LogP contribution in [-0.4, -0.2) is 52.2 Å². The molecule has 0 unspecified atom stereocenters. The van der Waals surface area contributed by atoms with Gasteiger partial charge in [-0.25, -0.2) is 9.59 Å². The van der Waals surface area contributed by atoms with Crippen LogP contribution in [0, 0.1) is 11.8 Å². The molecule has 2 amide bonds. The molecular weight excluding hydrogens is 516 g/mol. The lowest BCUT2D eigenvalue weighted by Gasteiger charge is -2.29. The normalized spacial score (nSPS) is 12.5. The van der Waals surface area contributed by atoms with Gasteiger partial charge >= 0.3 is 18.0 Å². The molecule has 0 bridgehead atoms. The van der Waals surface area contributed by atoms with E-state index in [2.05, 4.69) is 5.32 Å². The Labute approximate surface area is 234 Å². The first-order valence-corrected chi connectivity index (χ1v) is 13.4. The zero-order chi connectivity index (χ0) is 28.4. The average Bonchev–Trinajstić information content (AvgIpc) is 2.90. The van der Waals surface area contributed by atoms with Gasteiger partial charge in [-0.1, -0.05) is 92.2 Å². The predicted molar refractivity (Wildman–Crippen MR) is 153 cm³/mol. The minimum Gasteiger partial charge on any atom is -0.481 e. The molecule has 8 heteroatoms. The van der Waals surface area contributed by atoms with E-state index in [-0.39, 0.29) is 18.9 Å². The van der Waals surface area contributed by atoms with Gasteiger partial charge in [0.2, 0.25) is 0 Å². The molecule has 0 saturated heterocycles. The Bertz CT molecular complexity index is 1250. The van der Waals surface area contributed by atoms with Crippen LogP contribution in [0.2, 0.25) is 5.02 Å². The molecule has 0 aliphatic heterocycles. The number of halogens is 1. The number of carbonyl (C=O) groups excluding carboxylic acids is 1. The Morgan fingerprint density at radius 3 is 2.10 bits per heavy atom. The van der Waals surface area contributed by atoms with Crippen LogP contribution in [0.5, 0.6) is 0 Å². The molecule has 0 heterocycles. The number of urea groups is 1. The van der Waals surface area contributed by atoms with E-state index in [1.807, 2.05) is 80.6 Å². The van der Waals surface area contributed by atoms with E-state index in [1.165, 1.54) is 4.90 Å². The molecule has 3 N–H and O–H groups in total. The number of carbonyl (C=O) groups is 3. The number of aliphatic carboxylic acids is 2. The fourth-order valence-corrected chi connectivity index (χ4v) is 4.71. The number of carboxylic acids is 2. The first kappa shape index (κ1) is 29.7. The monoisotopic (exact) mass is 550 g/mol. The highest BCUT2D eigenvalue weighted by atomic mass is 35.5. The summed E-state index contributed by atoms with van der Waals surface area (Å²) in [5, 5.41) is 23.0. The van der Waals surface area contributed by atoms with E-state index in [0.717, 1.165) is 16.7 Å². The van der Waals surface area contributed by atoms with Crippen molar-refractivity contribution in [3.8, 4) is 11.1 Å². The highest BCUT2D eigenvalue weighted by Crippen LogP contribution is 2.27. The van der Waals surface area contributed by atoms with E-state index >= 15 is 0 Å². The summed E-state index contributed by atoms with van der Waals surface area (Å²) in [6.45, 7) is 4.12. The molecule has 0 spiro atoms. The van der Waals surface area contributed by atoms with E-state index in [0.29, 0.717) is 30.0 Å². The maximum atomic E-state index is 13.4. The van der Waals surface area contributed by atoms with Crippen LogP contribution < -0.4 is 5.32 Å². The van der Waals surface area contributed by atoms with Gasteiger partial charge in [0.25, 0.3) is 0 Å². The number of nitrogens with zero attached hydrogens (tertiary/aromatic N) is 1. The summed E-state index contributed by atoms with van der Waals surface area (Å²) in [5.74, 6) is -2.92. The third-order valence-corrected chi connectivity index (χ3v) is 6.69. The zero-order valence-electron chi connectivity index (χ0n) is 22.2. The van der Waals surface area contributed by atoms with Crippen LogP contribution in [-0.2, 0) is 22.4 Å². The van der Waals surface area contributed by atoms with Crippen molar-refractivity contribution in [1.29, 1.82) is 0 Å². The molecule has 3 rings (SSSR count). The van der Waals surface area contributed by atoms with Gasteiger partial charge in [-0.05, 0) is 53.1 Å². The van der Waals surface area contributed by atoms with Crippen molar-refractivity contribution in [2.75, 3.05) is 13.1 Å². The van der Waals surface area contributed by atoms with E-state index in [4.69, 9.17) is 11.6 Å². The number of amides is 2. The smallest absolute Gasteiger partial charge is 0.326 e. The maximum Gasteiger partial charge on any atom is 0.326 e. The Balaban J connectivity index is 1.78. The van der Waals surface area contributed by atoms with Crippen LogP contribution in [0.4, 0.5) is 4.79 Å². The second-order valence-electron chi connectivity index (χ2n) is 10.1. The Hall–Kier alpha value is -3.84. The molecule has 3 aromatic rings. The second-order valence-corrected chi connectivity index (χ2v) is 10.5. The number of rotatable bonds is 13. The predicted octanol–water partition coefficient (Wildman–Crippen LogP) is 6.00. The standard InChI is InChI=1S/C31H35ClN2O5/c1-21(2)19-34(20-24(29(35)36)14-13-22-9-5-3-6-10-22)31(39)33-28(30(37)38)18-25-17-26(32)15-16-27(25)23-11-7-4-8-12-23/h3-12,15-17,21,24,28H,13-14,18-20H2,1-2H3,(H,33,39)(H,35,36)(H,37,38)/t24-,28-/m0/s1.